The second-order valence-electron chi connectivity index (χ2n) is 3.74. The molecule has 0 aliphatic rings. The summed E-state index contributed by atoms with van der Waals surface area (Å²) in [4.78, 5) is 4.15. The summed E-state index contributed by atoms with van der Waals surface area (Å²) < 4.78 is 5.09. The second-order valence-corrected chi connectivity index (χ2v) is 4.15. The Hall–Kier alpha value is -1.39. The Bertz CT molecular complexity index is 499. The minimum atomic E-state index is -0.681. The van der Waals surface area contributed by atoms with E-state index in [1.807, 2.05) is 19.1 Å². The van der Waals surface area contributed by atoms with E-state index in [-0.39, 0.29) is 0 Å². The van der Waals surface area contributed by atoms with E-state index in [0.717, 1.165) is 6.42 Å². The molecule has 2 rings (SSSR count). The van der Waals surface area contributed by atoms with Crippen molar-refractivity contribution in [1.29, 1.82) is 0 Å². The van der Waals surface area contributed by atoms with Gasteiger partial charge in [-0.15, -0.1) is 0 Å². The number of aliphatic hydroxyl groups is 1. The van der Waals surface area contributed by atoms with Crippen molar-refractivity contribution in [2.75, 3.05) is 0 Å². The van der Waals surface area contributed by atoms with Crippen LogP contribution in [0.25, 0.3) is 11.5 Å². The van der Waals surface area contributed by atoms with Gasteiger partial charge < -0.3 is 9.63 Å². The zero-order valence-electron chi connectivity index (χ0n) is 9.43. The molecule has 1 aromatic heterocycles. The quantitative estimate of drug-likeness (QED) is 0.908. The van der Waals surface area contributed by atoms with Crippen LogP contribution in [0.2, 0.25) is 5.02 Å². The highest BCUT2D eigenvalue weighted by Gasteiger charge is 2.16. The van der Waals surface area contributed by atoms with Gasteiger partial charge in [0.05, 0.1) is 10.6 Å². The Morgan fingerprint density at radius 2 is 2.18 bits per heavy atom. The van der Waals surface area contributed by atoms with E-state index in [1.54, 1.807) is 12.1 Å². The molecule has 0 amide bonds. The molecule has 5 heteroatoms. The smallest absolute Gasteiger partial charge is 0.259 e. The highest BCUT2D eigenvalue weighted by Crippen LogP contribution is 2.27. The number of halogens is 1. The number of hydrogen-bond donors (Lipinski definition) is 1. The van der Waals surface area contributed by atoms with Crippen LogP contribution < -0.4 is 0 Å². The summed E-state index contributed by atoms with van der Waals surface area (Å²) >= 11 is 6.02. The predicted octanol–water partition coefficient (Wildman–Crippen LogP) is 3.22. The fourth-order valence-electron chi connectivity index (χ4n) is 1.52. The lowest BCUT2D eigenvalue weighted by Crippen LogP contribution is -1.98. The van der Waals surface area contributed by atoms with Gasteiger partial charge in [-0.3, -0.25) is 0 Å². The molecule has 1 N–H and O–H groups in total. The summed E-state index contributed by atoms with van der Waals surface area (Å²) in [6.45, 7) is 1.98. The average Bonchev–Trinajstić information content (AvgIpc) is 2.79. The van der Waals surface area contributed by atoms with Crippen molar-refractivity contribution in [3.63, 3.8) is 0 Å². The van der Waals surface area contributed by atoms with Crippen LogP contribution in [0.3, 0.4) is 0 Å². The topological polar surface area (TPSA) is 59.2 Å². The Labute approximate surface area is 104 Å². The van der Waals surface area contributed by atoms with E-state index < -0.39 is 6.10 Å². The Morgan fingerprint density at radius 3 is 2.88 bits per heavy atom. The molecule has 4 nitrogen and oxygen atoms in total. The molecule has 0 spiro atoms. The first-order valence-electron chi connectivity index (χ1n) is 5.49. The van der Waals surface area contributed by atoms with Crippen molar-refractivity contribution < 1.29 is 9.63 Å². The van der Waals surface area contributed by atoms with Gasteiger partial charge in [-0.1, -0.05) is 42.2 Å². The molecule has 0 bridgehead atoms. The van der Waals surface area contributed by atoms with Crippen molar-refractivity contribution in [3.05, 3.63) is 35.1 Å². The lowest BCUT2D eigenvalue weighted by Gasteiger charge is -2.01. The molecule has 90 valence electrons. The molecule has 2 aromatic rings. The summed E-state index contributed by atoms with van der Waals surface area (Å²) in [6.07, 6.45) is 0.790. The number of nitrogens with zero attached hydrogens (tertiary/aromatic N) is 2. The molecular weight excluding hydrogens is 240 g/mol. The Balaban J connectivity index is 2.27. The number of aromatic nitrogens is 2. The molecule has 0 saturated heterocycles. The van der Waals surface area contributed by atoms with E-state index in [0.29, 0.717) is 28.7 Å². The number of aliphatic hydroxyl groups excluding tert-OH is 1. The van der Waals surface area contributed by atoms with E-state index in [9.17, 15) is 5.11 Å². The SMILES string of the molecule is CCCC(O)c1noc(-c2ccccc2Cl)n1. The summed E-state index contributed by atoms with van der Waals surface area (Å²) in [6, 6.07) is 7.22. The monoisotopic (exact) mass is 252 g/mol. The molecular formula is C12H13ClN2O2. The molecule has 0 fully saturated rings. The van der Waals surface area contributed by atoms with E-state index in [2.05, 4.69) is 10.1 Å². The van der Waals surface area contributed by atoms with Gasteiger partial charge in [0, 0.05) is 0 Å². The molecule has 17 heavy (non-hydrogen) atoms. The van der Waals surface area contributed by atoms with E-state index >= 15 is 0 Å². The highest BCUT2D eigenvalue weighted by atomic mass is 35.5. The second kappa shape index (κ2) is 5.29. The minimum Gasteiger partial charge on any atom is -0.385 e. The highest BCUT2D eigenvalue weighted by molar-refractivity contribution is 6.33. The zero-order chi connectivity index (χ0) is 12.3. The third-order valence-corrected chi connectivity index (χ3v) is 2.74. The van der Waals surface area contributed by atoms with Crippen LogP contribution in [-0.4, -0.2) is 15.2 Å². The van der Waals surface area contributed by atoms with Crippen LogP contribution in [0, 0.1) is 0 Å². The van der Waals surface area contributed by atoms with Crippen LogP contribution in [0.5, 0.6) is 0 Å². The third kappa shape index (κ3) is 2.65. The van der Waals surface area contributed by atoms with Crippen molar-refractivity contribution in [1.82, 2.24) is 10.1 Å². The summed E-state index contributed by atoms with van der Waals surface area (Å²) in [5, 5.41) is 14.0. The van der Waals surface area contributed by atoms with Crippen molar-refractivity contribution in [2.45, 2.75) is 25.9 Å². The van der Waals surface area contributed by atoms with Crippen LogP contribution in [0.15, 0.2) is 28.8 Å². The first kappa shape index (κ1) is 12.1. The largest absolute Gasteiger partial charge is 0.385 e. The predicted molar refractivity (Wildman–Crippen MR) is 64.6 cm³/mol. The van der Waals surface area contributed by atoms with Gasteiger partial charge in [0.1, 0.15) is 6.10 Å². The lowest BCUT2D eigenvalue weighted by molar-refractivity contribution is 0.153. The van der Waals surface area contributed by atoms with Crippen LogP contribution in [-0.2, 0) is 0 Å². The molecule has 0 radical (unpaired) electrons. The summed E-state index contributed by atoms with van der Waals surface area (Å²) in [5.41, 5.74) is 0.677. The maximum atomic E-state index is 9.73. The fourth-order valence-corrected chi connectivity index (χ4v) is 1.73. The van der Waals surface area contributed by atoms with Crippen LogP contribution in [0.1, 0.15) is 31.7 Å². The Kier molecular flexibility index (Phi) is 3.76. The number of hydrogen-bond acceptors (Lipinski definition) is 4. The maximum absolute atomic E-state index is 9.73. The number of rotatable bonds is 4. The van der Waals surface area contributed by atoms with E-state index in [1.165, 1.54) is 0 Å². The van der Waals surface area contributed by atoms with Gasteiger partial charge in [0.15, 0.2) is 0 Å². The lowest BCUT2D eigenvalue weighted by atomic mass is 10.2. The first-order chi connectivity index (χ1) is 8.22. The van der Waals surface area contributed by atoms with Gasteiger partial charge in [0.25, 0.3) is 5.89 Å². The average molecular weight is 253 g/mol. The molecule has 1 aromatic carbocycles. The molecule has 1 atom stereocenters. The molecule has 1 heterocycles. The van der Waals surface area contributed by atoms with Crippen molar-refractivity contribution in [2.24, 2.45) is 0 Å². The Morgan fingerprint density at radius 1 is 1.41 bits per heavy atom. The van der Waals surface area contributed by atoms with Crippen molar-refractivity contribution >= 4 is 11.6 Å². The zero-order valence-corrected chi connectivity index (χ0v) is 10.2. The molecule has 0 aliphatic heterocycles. The van der Waals surface area contributed by atoms with Gasteiger partial charge in [-0.2, -0.15) is 4.98 Å². The molecule has 1 unspecified atom stereocenters. The maximum Gasteiger partial charge on any atom is 0.259 e. The standard InChI is InChI=1S/C12H13ClN2O2/c1-2-5-10(16)11-14-12(17-15-11)8-6-3-4-7-9(8)13/h3-4,6-7,10,16H,2,5H2,1H3. The summed E-state index contributed by atoms with van der Waals surface area (Å²) in [5.74, 6) is 0.641. The van der Waals surface area contributed by atoms with Gasteiger partial charge in [-0.25, -0.2) is 0 Å². The summed E-state index contributed by atoms with van der Waals surface area (Å²) in [7, 11) is 0. The van der Waals surface area contributed by atoms with Crippen LogP contribution in [0.4, 0.5) is 0 Å². The fraction of sp³-hybridized carbons (Fsp3) is 0.333. The van der Waals surface area contributed by atoms with Crippen molar-refractivity contribution in [3.8, 4) is 11.5 Å². The first-order valence-corrected chi connectivity index (χ1v) is 5.86. The van der Waals surface area contributed by atoms with Gasteiger partial charge in [0.2, 0.25) is 5.82 Å². The number of benzene rings is 1. The molecule has 0 aliphatic carbocycles. The van der Waals surface area contributed by atoms with E-state index in [4.69, 9.17) is 16.1 Å². The minimum absolute atomic E-state index is 0.307. The van der Waals surface area contributed by atoms with Gasteiger partial charge in [-0.05, 0) is 18.6 Å². The normalized spacial score (nSPS) is 12.6. The van der Waals surface area contributed by atoms with Crippen LogP contribution >= 0.6 is 11.6 Å². The third-order valence-electron chi connectivity index (χ3n) is 2.41. The molecule has 0 saturated carbocycles. The van der Waals surface area contributed by atoms with Gasteiger partial charge >= 0.3 is 0 Å².